The van der Waals surface area contributed by atoms with E-state index in [0.29, 0.717) is 12.6 Å². The summed E-state index contributed by atoms with van der Waals surface area (Å²) in [6.45, 7) is 8.31. The highest BCUT2D eigenvalue weighted by molar-refractivity contribution is 5.79. The minimum Gasteiger partial charge on any atom is -0.467 e. The molecule has 0 fully saturated rings. The van der Waals surface area contributed by atoms with Crippen LogP contribution in [-0.4, -0.2) is 33.3 Å². The Labute approximate surface area is 130 Å². The number of furan rings is 1. The second-order valence-corrected chi connectivity index (χ2v) is 5.26. The summed E-state index contributed by atoms with van der Waals surface area (Å²) in [6.07, 6.45) is 4.30. The first-order valence-corrected chi connectivity index (χ1v) is 7.63. The molecule has 0 aliphatic carbocycles. The van der Waals surface area contributed by atoms with E-state index < -0.39 is 0 Å². The van der Waals surface area contributed by atoms with Gasteiger partial charge in [-0.15, -0.1) is 10.2 Å². The summed E-state index contributed by atoms with van der Waals surface area (Å²) in [4.78, 5) is 4.53. The van der Waals surface area contributed by atoms with Crippen molar-refractivity contribution < 1.29 is 4.42 Å². The van der Waals surface area contributed by atoms with E-state index in [0.717, 1.165) is 37.1 Å². The van der Waals surface area contributed by atoms with Crippen LogP contribution < -0.4 is 10.6 Å². The smallest absolute Gasteiger partial charge is 0.191 e. The molecule has 0 amide bonds. The van der Waals surface area contributed by atoms with Crippen LogP contribution in [0, 0.1) is 0 Å². The van der Waals surface area contributed by atoms with Crippen molar-refractivity contribution in [2.24, 2.45) is 4.99 Å². The molecule has 0 atom stereocenters. The van der Waals surface area contributed by atoms with Crippen molar-refractivity contribution in [1.29, 1.82) is 0 Å². The number of aryl methyl sites for hydroxylation is 1. The summed E-state index contributed by atoms with van der Waals surface area (Å²) in [5.41, 5.74) is 0. The Hall–Kier alpha value is -2.31. The summed E-state index contributed by atoms with van der Waals surface area (Å²) in [5.74, 6) is 2.61. The van der Waals surface area contributed by atoms with Crippen LogP contribution in [0.3, 0.4) is 0 Å². The van der Waals surface area contributed by atoms with E-state index in [1.807, 2.05) is 16.7 Å². The molecule has 0 aliphatic rings. The Balaban J connectivity index is 1.87. The van der Waals surface area contributed by atoms with Gasteiger partial charge in [0.2, 0.25) is 0 Å². The average molecular weight is 304 g/mol. The van der Waals surface area contributed by atoms with E-state index in [4.69, 9.17) is 4.42 Å². The lowest BCUT2D eigenvalue weighted by atomic mass is 10.4. The van der Waals surface area contributed by atoms with Crippen LogP contribution in [0.25, 0.3) is 0 Å². The molecule has 0 spiro atoms. The third kappa shape index (κ3) is 4.91. The standard InChI is InChI=1S/C15H24N6O/c1-4-14-20-18-11-21(14)8-7-16-15(19-12(2)3)17-10-13-6-5-9-22-13/h5-6,9,11-12H,4,7-8,10H2,1-3H3,(H2,16,17,19). The first-order chi connectivity index (χ1) is 10.7. The molecule has 22 heavy (non-hydrogen) atoms. The van der Waals surface area contributed by atoms with Gasteiger partial charge in [-0.05, 0) is 26.0 Å². The molecule has 2 rings (SSSR count). The molecule has 0 saturated heterocycles. The van der Waals surface area contributed by atoms with Crippen molar-refractivity contribution >= 4 is 5.96 Å². The molecule has 7 nitrogen and oxygen atoms in total. The number of hydrogen-bond donors (Lipinski definition) is 2. The van der Waals surface area contributed by atoms with Crippen molar-refractivity contribution in [2.45, 2.75) is 46.3 Å². The molecule has 2 aromatic rings. The summed E-state index contributed by atoms with van der Waals surface area (Å²) in [5, 5.41) is 14.6. The number of nitrogens with one attached hydrogen (secondary N) is 2. The molecule has 0 radical (unpaired) electrons. The minimum absolute atomic E-state index is 0.309. The average Bonchev–Trinajstić information content (AvgIpc) is 3.15. The predicted molar refractivity (Wildman–Crippen MR) is 85.5 cm³/mol. The molecule has 2 N–H and O–H groups in total. The first-order valence-electron chi connectivity index (χ1n) is 7.63. The van der Waals surface area contributed by atoms with Crippen LogP contribution >= 0.6 is 0 Å². The van der Waals surface area contributed by atoms with Gasteiger partial charge in [0, 0.05) is 25.6 Å². The van der Waals surface area contributed by atoms with Crippen LogP contribution in [0.1, 0.15) is 32.4 Å². The second-order valence-electron chi connectivity index (χ2n) is 5.26. The van der Waals surface area contributed by atoms with Crippen LogP contribution in [0.15, 0.2) is 34.1 Å². The number of nitrogens with zero attached hydrogens (tertiary/aromatic N) is 4. The minimum atomic E-state index is 0.309. The lowest BCUT2D eigenvalue weighted by molar-refractivity contribution is 0.511. The Morgan fingerprint density at radius 1 is 1.45 bits per heavy atom. The molecule has 2 aromatic heterocycles. The number of aromatic nitrogens is 3. The Bertz CT molecular complexity index is 573. The number of aliphatic imine (C=N–C) groups is 1. The summed E-state index contributed by atoms with van der Waals surface area (Å²) >= 11 is 0. The normalized spacial score (nSPS) is 11.9. The van der Waals surface area contributed by atoms with E-state index in [9.17, 15) is 0 Å². The topological polar surface area (TPSA) is 80.3 Å². The van der Waals surface area contributed by atoms with E-state index >= 15 is 0 Å². The van der Waals surface area contributed by atoms with Gasteiger partial charge in [0.25, 0.3) is 0 Å². The van der Waals surface area contributed by atoms with E-state index in [2.05, 4.69) is 46.6 Å². The van der Waals surface area contributed by atoms with E-state index in [-0.39, 0.29) is 0 Å². The Morgan fingerprint density at radius 3 is 3.00 bits per heavy atom. The van der Waals surface area contributed by atoms with Gasteiger partial charge in [-0.3, -0.25) is 0 Å². The third-order valence-corrected chi connectivity index (χ3v) is 3.06. The molecule has 0 aromatic carbocycles. The van der Waals surface area contributed by atoms with Gasteiger partial charge in [-0.2, -0.15) is 0 Å². The van der Waals surface area contributed by atoms with Crippen molar-refractivity contribution in [3.05, 3.63) is 36.3 Å². The summed E-state index contributed by atoms with van der Waals surface area (Å²) < 4.78 is 7.35. The number of rotatable bonds is 7. The van der Waals surface area contributed by atoms with Crippen LogP contribution in [0.2, 0.25) is 0 Å². The molecular formula is C15H24N6O. The van der Waals surface area contributed by atoms with Crippen LogP contribution in [-0.2, 0) is 19.5 Å². The van der Waals surface area contributed by atoms with Gasteiger partial charge < -0.3 is 19.6 Å². The fourth-order valence-electron chi connectivity index (χ4n) is 2.02. The molecule has 0 aliphatic heterocycles. The number of guanidine groups is 1. The maximum absolute atomic E-state index is 5.30. The van der Waals surface area contributed by atoms with Crippen molar-refractivity contribution in [3.8, 4) is 0 Å². The summed E-state index contributed by atoms with van der Waals surface area (Å²) in [6, 6.07) is 4.09. The van der Waals surface area contributed by atoms with Gasteiger partial charge >= 0.3 is 0 Å². The quantitative estimate of drug-likeness (QED) is 0.599. The third-order valence-electron chi connectivity index (χ3n) is 3.06. The molecule has 0 unspecified atom stereocenters. The summed E-state index contributed by atoms with van der Waals surface area (Å²) in [7, 11) is 0. The van der Waals surface area contributed by atoms with E-state index in [1.165, 1.54) is 0 Å². The second kappa shape index (κ2) is 8.21. The predicted octanol–water partition coefficient (Wildman–Crippen LogP) is 1.58. The lowest BCUT2D eigenvalue weighted by Gasteiger charge is -2.15. The SMILES string of the molecule is CCc1nncn1CCNC(=NCc1ccco1)NC(C)C. The van der Waals surface area contributed by atoms with Crippen LogP contribution in [0.4, 0.5) is 0 Å². The van der Waals surface area contributed by atoms with Crippen molar-refractivity contribution in [3.63, 3.8) is 0 Å². The monoisotopic (exact) mass is 304 g/mol. The highest BCUT2D eigenvalue weighted by Gasteiger charge is 2.04. The maximum Gasteiger partial charge on any atom is 0.191 e. The fraction of sp³-hybridized carbons (Fsp3) is 0.533. The van der Waals surface area contributed by atoms with Crippen molar-refractivity contribution in [1.82, 2.24) is 25.4 Å². The fourth-order valence-corrected chi connectivity index (χ4v) is 2.02. The van der Waals surface area contributed by atoms with Gasteiger partial charge in [0.1, 0.15) is 24.5 Å². The van der Waals surface area contributed by atoms with Gasteiger partial charge in [-0.1, -0.05) is 6.92 Å². The van der Waals surface area contributed by atoms with Crippen LogP contribution in [0.5, 0.6) is 0 Å². The molecule has 7 heteroatoms. The van der Waals surface area contributed by atoms with Gasteiger partial charge in [0.05, 0.1) is 6.26 Å². The molecule has 2 heterocycles. The van der Waals surface area contributed by atoms with Gasteiger partial charge in [-0.25, -0.2) is 4.99 Å². The largest absolute Gasteiger partial charge is 0.467 e. The zero-order valence-corrected chi connectivity index (χ0v) is 13.4. The zero-order valence-electron chi connectivity index (χ0n) is 13.4. The zero-order chi connectivity index (χ0) is 15.8. The number of hydrogen-bond acceptors (Lipinski definition) is 4. The molecule has 0 bridgehead atoms. The highest BCUT2D eigenvalue weighted by Crippen LogP contribution is 2.01. The van der Waals surface area contributed by atoms with Crippen molar-refractivity contribution in [2.75, 3.05) is 6.54 Å². The Morgan fingerprint density at radius 2 is 2.32 bits per heavy atom. The Kier molecular flexibility index (Phi) is 6.00. The lowest BCUT2D eigenvalue weighted by Crippen LogP contribution is -2.42. The molecule has 0 saturated carbocycles. The molecule has 120 valence electrons. The maximum atomic E-state index is 5.30. The van der Waals surface area contributed by atoms with Gasteiger partial charge in [0.15, 0.2) is 5.96 Å². The first kappa shape index (κ1) is 16.1. The highest BCUT2D eigenvalue weighted by atomic mass is 16.3. The molecular weight excluding hydrogens is 280 g/mol. The van der Waals surface area contributed by atoms with E-state index in [1.54, 1.807) is 12.6 Å².